The van der Waals surface area contributed by atoms with Crippen LogP contribution in [0.1, 0.15) is 316 Å². The van der Waals surface area contributed by atoms with E-state index in [-0.39, 0.29) is 31.1 Å². The maximum absolute atomic E-state index is 12.9. The molecule has 0 aliphatic carbocycles. The molecule has 0 spiro atoms. The van der Waals surface area contributed by atoms with E-state index in [0.29, 0.717) is 19.3 Å². The molecule has 6 heteroatoms. The van der Waals surface area contributed by atoms with Crippen LogP contribution in [0.25, 0.3) is 0 Å². The number of rotatable bonds is 58. The van der Waals surface area contributed by atoms with E-state index in [1.807, 2.05) is 0 Å². The van der Waals surface area contributed by atoms with Crippen LogP contribution in [0, 0.1) is 0 Å². The van der Waals surface area contributed by atoms with Gasteiger partial charge in [-0.15, -0.1) is 0 Å². The van der Waals surface area contributed by atoms with Gasteiger partial charge in [0.1, 0.15) is 13.2 Å². The highest BCUT2D eigenvalue weighted by Gasteiger charge is 2.19. The van der Waals surface area contributed by atoms with E-state index < -0.39 is 6.10 Å². The molecule has 432 valence electrons. The molecule has 6 nitrogen and oxygen atoms in total. The number of ether oxygens (including phenoxy) is 3. The molecule has 1 unspecified atom stereocenters. The van der Waals surface area contributed by atoms with E-state index >= 15 is 0 Å². The van der Waals surface area contributed by atoms with Crippen molar-refractivity contribution in [1.29, 1.82) is 0 Å². The lowest BCUT2D eigenvalue weighted by molar-refractivity contribution is -0.167. The minimum absolute atomic E-state index is 0.0873. The topological polar surface area (TPSA) is 78.9 Å². The van der Waals surface area contributed by atoms with Gasteiger partial charge in [-0.1, -0.05) is 286 Å². The first-order chi connectivity index (χ1) is 37.0. The lowest BCUT2D eigenvalue weighted by Gasteiger charge is -2.18. The number of allylic oxidation sites excluding steroid dienone is 14. The van der Waals surface area contributed by atoms with Crippen molar-refractivity contribution in [3.05, 3.63) is 85.1 Å². The Kier molecular flexibility index (Phi) is 60.3. The molecule has 0 saturated heterocycles. The summed E-state index contributed by atoms with van der Waals surface area (Å²) in [5.41, 5.74) is 0. The lowest BCUT2D eigenvalue weighted by atomic mass is 10.0. The van der Waals surface area contributed by atoms with Crippen molar-refractivity contribution in [2.24, 2.45) is 0 Å². The Bertz CT molecular complexity index is 1430. The summed E-state index contributed by atoms with van der Waals surface area (Å²) < 4.78 is 16.9. The molecule has 0 aliphatic rings. The molecule has 0 fully saturated rings. The fourth-order valence-electron chi connectivity index (χ4n) is 9.09. The Balaban J connectivity index is 4.34. The van der Waals surface area contributed by atoms with Crippen LogP contribution in [-0.4, -0.2) is 37.2 Å². The minimum atomic E-state index is -0.794. The molecule has 0 heterocycles. The first-order valence-corrected chi connectivity index (χ1v) is 32.1. The SMILES string of the molecule is CC/C=C\C/C=C\C/C=C\C/C=C\C/C=C\CCCCCC(=O)OC(COC(=O)CCCCCCCCCCCCCCC)COC(=O)CCCCCCCCCCCCCCC/C=C\C/C=C\CCCCCCC. The minimum Gasteiger partial charge on any atom is -0.462 e. The van der Waals surface area contributed by atoms with Crippen molar-refractivity contribution < 1.29 is 28.6 Å². The Hall–Kier alpha value is -3.41. The first kappa shape index (κ1) is 71.6. The molecule has 0 N–H and O–H groups in total. The second kappa shape index (κ2) is 63.1. The highest BCUT2D eigenvalue weighted by atomic mass is 16.6. The molecule has 0 aromatic rings. The van der Waals surface area contributed by atoms with E-state index in [1.165, 1.54) is 173 Å². The molecular formula is C69H120O6. The maximum Gasteiger partial charge on any atom is 0.306 e. The number of hydrogen-bond acceptors (Lipinski definition) is 6. The van der Waals surface area contributed by atoms with Gasteiger partial charge in [-0.2, -0.15) is 0 Å². The Labute approximate surface area is 465 Å². The third kappa shape index (κ3) is 61.3. The van der Waals surface area contributed by atoms with Gasteiger partial charge in [-0.3, -0.25) is 14.4 Å². The molecule has 75 heavy (non-hydrogen) atoms. The highest BCUT2D eigenvalue weighted by molar-refractivity contribution is 5.71. The lowest BCUT2D eigenvalue weighted by Crippen LogP contribution is -2.30. The highest BCUT2D eigenvalue weighted by Crippen LogP contribution is 2.16. The molecule has 0 rings (SSSR count). The van der Waals surface area contributed by atoms with Gasteiger partial charge in [0.25, 0.3) is 0 Å². The van der Waals surface area contributed by atoms with Gasteiger partial charge in [0.05, 0.1) is 0 Å². The van der Waals surface area contributed by atoms with E-state index in [2.05, 4.69) is 106 Å². The monoisotopic (exact) mass is 1040 g/mol. The second-order valence-corrected chi connectivity index (χ2v) is 21.3. The molecule has 1 atom stereocenters. The van der Waals surface area contributed by atoms with E-state index in [4.69, 9.17) is 14.2 Å². The zero-order valence-electron chi connectivity index (χ0n) is 49.6. The van der Waals surface area contributed by atoms with Gasteiger partial charge in [-0.05, 0) is 96.3 Å². The van der Waals surface area contributed by atoms with Crippen LogP contribution >= 0.6 is 0 Å². The Morgan fingerprint density at radius 1 is 0.280 bits per heavy atom. The van der Waals surface area contributed by atoms with Gasteiger partial charge < -0.3 is 14.2 Å². The van der Waals surface area contributed by atoms with Gasteiger partial charge in [0.15, 0.2) is 6.10 Å². The largest absolute Gasteiger partial charge is 0.462 e. The molecule has 0 aromatic heterocycles. The Morgan fingerprint density at radius 2 is 0.520 bits per heavy atom. The van der Waals surface area contributed by atoms with E-state index in [0.717, 1.165) is 103 Å². The first-order valence-electron chi connectivity index (χ1n) is 32.1. The summed E-state index contributed by atoms with van der Waals surface area (Å²) in [5, 5.41) is 0. The Morgan fingerprint density at radius 3 is 0.827 bits per heavy atom. The number of unbranched alkanes of at least 4 members (excludes halogenated alkanes) is 33. The van der Waals surface area contributed by atoms with Crippen LogP contribution in [0.3, 0.4) is 0 Å². The van der Waals surface area contributed by atoms with Gasteiger partial charge in [-0.25, -0.2) is 0 Å². The van der Waals surface area contributed by atoms with E-state index in [1.54, 1.807) is 0 Å². The summed E-state index contributed by atoms with van der Waals surface area (Å²) in [7, 11) is 0. The van der Waals surface area contributed by atoms with Crippen molar-refractivity contribution in [1.82, 2.24) is 0 Å². The molecule has 0 radical (unpaired) electrons. The fourth-order valence-corrected chi connectivity index (χ4v) is 9.09. The number of esters is 3. The molecule has 0 amide bonds. The van der Waals surface area contributed by atoms with Crippen LogP contribution in [0.15, 0.2) is 85.1 Å². The van der Waals surface area contributed by atoms with Crippen molar-refractivity contribution in [3.8, 4) is 0 Å². The van der Waals surface area contributed by atoms with Gasteiger partial charge >= 0.3 is 17.9 Å². The summed E-state index contributed by atoms with van der Waals surface area (Å²) in [5.74, 6) is -0.908. The number of carbonyl (C=O) groups is 3. The van der Waals surface area contributed by atoms with Gasteiger partial charge in [0, 0.05) is 19.3 Å². The van der Waals surface area contributed by atoms with E-state index in [9.17, 15) is 14.4 Å². The average Bonchev–Trinajstić information content (AvgIpc) is 3.41. The van der Waals surface area contributed by atoms with Crippen LogP contribution < -0.4 is 0 Å². The van der Waals surface area contributed by atoms with Crippen LogP contribution in [0.5, 0.6) is 0 Å². The third-order valence-electron chi connectivity index (χ3n) is 13.9. The fraction of sp³-hybridized carbons (Fsp3) is 0.754. The van der Waals surface area contributed by atoms with Crippen LogP contribution in [0.4, 0.5) is 0 Å². The predicted octanol–water partition coefficient (Wildman–Crippen LogP) is 21.9. The zero-order chi connectivity index (χ0) is 54.3. The summed E-state index contributed by atoms with van der Waals surface area (Å²) in [4.78, 5) is 38.3. The molecule has 0 aliphatic heterocycles. The maximum atomic E-state index is 12.9. The summed E-state index contributed by atoms with van der Waals surface area (Å²) in [6, 6.07) is 0. The molecule has 0 saturated carbocycles. The predicted molar refractivity (Wildman–Crippen MR) is 325 cm³/mol. The summed E-state index contributed by atoms with van der Waals surface area (Å²) in [6.45, 7) is 6.52. The number of carbonyl (C=O) groups excluding carboxylic acids is 3. The average molecular weight is 1050 g/mol. The van der Waals surface area contributed by atoms with Crippen LogP contribution in [-0.2, 0) is 28.6 Å². The quantitative estimate of drug-likeness (QED) is 0.0261. The number of hydrogen-bond donors (Lipinski definition) is 0. The van der Waals surface area contributed by atoms with Crippen molar-refractivity contribution in [2.45, 2.75) is 322 Å². The zero-order valence-corrected chi connectivity index (χ0v) is 49.6. The van der Waals surface area contributed by atoms with Crippen LogP contribution in [0.2, 0.25) is 0 Å². The smallest absolute Gasteiger partial charge is 0.306 e. The standard InChI is InChI=1S/C69H120O6/c1-4-7-10-13-16-19-22-25-27-29-31-32-33-34-35-36-38-39-41-44-47-50-53-56-59-62-68(71)74-65-66(64-73-67(70)61-58-55-52-49-46-43-24-21-18-15-12-9-6-3)75-69(72)63-60-57-54-51-48-45-42-40-37-30-28-26-23-20-17-14-11-8-5-2/h8,11,17,20,22,25-26,28-29,31,37,40,45,48,66H,4-7,9-10,12-16,18-19,21,23-24,27,30,32-36,38-39,41-44,46-47,49-65H2,1-3H3/b11-8-,20-17-,25-22-,28-26-,31-29-,40-37-,48-45-. The van der Waals surface area contributed by atoms with Crippen molar-refractivity contribution in [2.75, 3.05) is 13.2 Å². The van der Waals surface area contributed by atoms with Crippen molar-refractivity contribution >= 4 is 17.9 Å². The third-order valence-corrected chi connectivity index (χ3v) is 13.9. The molecule has 0 aromatic carbocycles. The summed E-state index contributed by atoms with van der Waals surface area (Å²) >= 11 is 0. The van der Waals surface area contributed by atoms with Gasteiger partial charge in [0.2, 0.25) is 0 Å². The normalized spacial score (nSPS) is 12.6. The molecular weight excluding hydrogens is 925 g/mol. The summed E-state index contributed by atoms with van der Waals surface area (Å²) in [6.07, 6.45) is 83.0. The van der Waals surface area contributed by atoms with Crippen molar-refractivity contribution in [3.63, 3.8) is 0 Å². The molecule has 0 bridgehead atoms. The second-order valence-electron chi connectivity index (χ2n) is 21.3.